The number of rotatable bonds is 11. The van der Waals surface area contributed by atoms with Crippen molar-refractivity contribution in [3.63, 3.8) is 0 Å². The molecule has 1 atom stereocenters. The summed E-state index contributed by atoms with van der Waals surface area (Å²) in [7, 11) is -4.20. The lowest BCUT2D eigenvalue weighted by Crippen LogP contribution is -2.56. The summed E-state index contributed by atoms with van der Waals surface area (Å²) in [5, 5.41) is 3.66. The fourth-order valence-electron chi connectivity index (χ4n) is 4.24. The number of hydrogen-bond donors (Lipinski definition) is 1. The third-order valence-electron chi connectivity index (χ3n) is 6.15. The Morgan fingerprint density at radius 3 is 2.12 bits per heavy atom. The van der Waals surface area contributed by atoms with Crippen molar-refractivity contribution >= 4 is 50.7 Å². The topological polar surface area (TPSA) is 86.8 Å². The van der Waals surface area contributed by atoms with Gasteiger partial charge >= 0.3 is 0 Å². The predicted octanol–water partition coefficient (Wildman–Crippen LogP) is 5.95. The van der Waals surface area contributed by atoms with Crippen LogP contribution >= 0.6 is 23.2 Å². The molecule has 0 saturated carbocycles. The first kappa shape index (κ1) is 31.5. The van der Waals surface area contributed by atoms with Crippen LogP contribution in [0.4, 0.5) is 5.69 Å². The van der Waals surface area contributed by atoms with Crippen LogP contribution in [0.15, 0.2) is 83.8 Å². The summed E-state index contributed by atoms with van der Waals surface area (Å²) >= 11 is 12.2. The van der Waals surface area contributed by atoms with Gasteiger partial charge in [-0.2, -0.15) is 0 Å². The van der Waals surface area contributed by atoms with Gasteiger partial charge in [-0.25, -0.2) is 8.42 Å². The first-order valence-corrected chi connectivity index (χ1v) is 15.2. The number of nitrogens with zero attached hydrogens (tertiary/aromatic N) is 2. The van der Waals surface area contributed by atoms with Gasteiger partial charge in [-0.05, 0) is 81.6 Å². The van der Waals surface area contributed by atoms with E-state index in [0.717, 1.165) is 9.87 Å². The second-order valence-corrected chi connectivity index (χ2v) is 13.2. The first-order chi connectivity index (χ1) is 18.8. The highest BCUT2D eigenvalue weighted by atomic mass is 35.5. The van der Waals surface area contributed by atoms with Gasteiger partial charge in [0.15, 0.2) is 0 Å². The Balaban J connectivity index is 2.02. The van der Waals surface area contributed by atoms with Crippen molar-refractivity contribution in [1.82, 2.24) is 10.2 Å². The molecule has 0 spiro atoms. The van der Waals surface area contributed by atoms with Crippen molar-refractivity contribution in [3.8, 4) is 0 Å². The van der Waals surface area contributed by atoms with Crippen molar-refractivity contribution in [1.29, 1.82) is 0 Å². The van der Waals surface area contributed by atoms with Gasteiger partial charge in [-0.3, -0.25) is 13.9 Å². The highest BCUT2D eigenvalue weighted by Crippen LogP contribution is 2.27. The number of nitrogens with one attached hydrogen (secondary N) is 1. The van der Waals surface area contributed by atoms with E-state index in [0.29, 0.717) is 22.9 Å². The van der Waals surface area contributed by atoms with Gasteiger partial charge in [0.05, 0.1) is 10.6 Å². The minimum absolute atomic E-state index is 0.0296. The van der Waals surface area contributed by atoms with Crippen molar-refractivity contribution in [2.45, 2.75) is 57.0 Å². The zero-order valence-electron chi connectivity index (χ0n) is 23.1. The smallest absolute Gasteiger partial charge is 0.264 e. The highest BCUT2D eigenvalue weighted by molar-refractivity contribution is 7.92. The quantitative estimate of drug-likeness (QED) is 0.293. The molecule has 0 heterocycles. The molecule has 214 valence electrons. The van der Waals surface area contributed by atoms with E-state index in [-0.39, 0.29) is 23.0 Å². The number of sulfonamides is 1. The molecular weight excluding hydrogens is 569 g/mol. The standard InChI is InChI=1S/C30H35Cl2N3O4S/c1-5-27(29(37)33-30(2,3)4)34(19-18-22-10-7-6-8-11-22)28(36)21-35(25-13-9-12-24(32)20-25)40(38,39)26-16-14-23(31)15-17-26/h6-17,20,27H,5,18-19,21H2,1-4H3,(H,33,37)/t27-/m1/s1. The lowest BCUT2D eigenvalue weighted by molar-refractivity contribution is -0.140. The third-order valence-corrected chi connectivity index (χ3v) is 8.42. The van der Waals surface area contributed by atoms with Gasteiger partial charge < -0.3 is 10.2 Å². The van der Waals surface area contributed by atoms with Gasteiger partial charge in [0.2, 0.25) is 11.8 Å². The summed E-state index contributed by atoms with van der Waals surface area (Å²) in [6.45, 7) is 7.13. The predicted molar refractivity (Wildman–Crippen MR) is 161 cm³/mol. The number of anilines is 1. The third kappa shape index (κ3) is 8.46. The SMILES string of the molecule is CC[C@H](C(=O)NC(C)(C)C)N(CCc1ccccc1)C(=O)CN(c1cccc(Cl)c1)S(=O)(=O)c1ccc(Cl)cc1. The average Bonchev–Trinajstić information content (AvgIpc) is 2.89. The van der Waals surface area contributed by atoms with Gasteiger partial charge in [0, 0.05) is 22.1 Å². The molecule has 0 aliphatic heterocycles. The summed E-state index contributed by atoms with van der Waals surface area (Å²) in [5.74, 6) is -0.810. The van der Waals surface area contributed by atoms with E-state index in [1.807, 2.05) is 58.0 Å². The molecular formula is C30H35Cl2N3O4S. The molecule has 10 heteroatoms. The number of benzene rings is 3. The average molecular weight is 605 g/mol. The van der Waals surface area contributed by atoms with Gasteiger partial charge in [0.25, 0.3) is 10.0 Å². The minimum atomic E-state index is -4.20. The summed E-state index contributed by atoms with van der Waals surface area (Å²) < 4.78 is 28.7. The summed E-state index contributed by atoms with van der Waals surface area (Å²) in [4.78, 5) is 28.8. The van der Waals surface area contributed by atoms with E-state index < -0.39 is 34.1 Å². The molecule has 0 saturated heterocycles. The largest absolute Gasteiger partial charge is 0.350 e. The molecule has 0 aromatic heterocycles. The molecule has 3 aromatic rings. The lowest BCUT2D eigenvalue weighted by Gasteiger charge is -2.34. The Hall–Kier alpha value is -3.07. The molecule has 40 heavy (non-hydrogen) atoms. The van der Waals surface area contributed by atoms with Gasteiger partial charge in [-0.15, -0.1) is 0 Å². The number of carbonyl (C=O) groups excluding carboxylic acids is 2. The number of carbonyl (C=O) groups is 2. The monoisotopic (exact) mass is 603 g/mol. The normalized spacial score (nSPS) is 12.4. The van der Waals surface area contributed by atoms with Crippen LogP contribution in [-0.4, -0.2) is 49.8 Å². The molecule has 1 N–H and O–H groups in total. The zero-order chi connectivity index (χ0) is 29.5. The van der Waals surface area contributed by atoms with Crippen LogP contribution in [0.2, 0.25) is 10.0 Å². The Bertz CT molecular complexity index is 1410. The molecule has 3 aromatic carbocycles. The van der Waals surface area contributed by atoms with Gasteiger partial charge in [0.1, 0.15) is 12.6 Å². The minimum Gasteiger partial charge on any atom is -0.350 e. The fraction of sp³-hybridized carbons (Fsp3) is 0.333. The fourth-order valence-corrected chi connectivity index (χ4v) is 5.96. The zero-order valence-corrected chi connectivity index (χ0v) is 25.4. The molecule has 7 nitrogen and oxygen atoms in total. The van der Waals surface area contributed by atoms with Crippen molar-refractivity contribution in [3.05, 3.63) is 94.5 Å². The molecule has 0 aliphatic carbocycles. The summed E-state index contributed by atoms with van der Waals surface area (Å²) in [6, 6.07) is 20.8. The van der Waals surface area contributed by atoms with Crippen LogP contribution in [0.25, 0.3) is 0 Å². The molecule has 2 amide bonds. The molecule has 0 aliphatic rings. The maximum Gasteiger partial charge on any atom is 0.264 e. The Labute approximate surface area is 247 Å². The number of amides is 2. The van der Waals surface area contributed by atoms with E-state index in [2.05, 4.69) is 5.32 Å². The van der Waals surface area contributed by atoms with Crippen LogP contribution in [0, 0.1) is 0 Å². The van der Waals surface area contributed by atoms with Crippen LogP contribution in [0.5, 0.6) is 0 Å². The van der Waals surface area contributed by atoms with Crippen LogP contribution in [0.3, 0.4) is 0 Å². The second kappa shape index (κ2) is 13.5. The molecule has 3 rings (SSSR count). The summed E-state index contributed by atoms with van der Waals surface area (Å²) in [6.07, 6.45) is 0.844. The Morgan fingerprint density at radius 2 is 1.55 bits per heavy atom. The van der Waals surface area contributed by atoms with Crippen molar-refractivity contribution in [2.75, 3.05) is 17.4 Å². The maximum absolute atomic E-state index is 14.0. The van der Waals surface area contributed by atoms with E-state index in [1.54, 1.807) is 18.2 Å². The van der Waals surface area contributed by atoms with E-state index in [4.69, 9.17) is 23.2 Å². The van der Waals surface area contributed by atoms with E-state index in [1.165, 1.54) is 35.2 Å². The van der Waals surface area contributed by atoms with Crippen LogP contribution in [-0.2, 0) is 26.0 Å². The first-order valence-electron chi connectivity index (χ1n) is 13.0. The van der Waals surface area contributed by atoms with Crippen molar-refractivity contribution < 1.29 is 18.0 Å². The Morgan fingerprint density at radius 1 is 0.900 bits per heavy atom. The molecule has 0 bridgehead atoms. The number of halogens is 2. The van der Waals surface area contributed by atoms with Crippen molar-refractivity contribution in [2.24, 2.45) is 0 Å². The molecule has 0 unspecified atom stereocenters. The molecule has 0 fully saturated rings. The second-order valence-electron chi connectivity index (χ2n) is 10.4. The van der Waals surface area contributed by atoms with Gasteiger partial charge in [-0.1, -0.05) is 66.5 Å². The maximum atomic E-state index is 14.0. The lowest BCUT2D eigenvalue weighted by atomic mass is 10.1. The number of hydrogen-bond acceptors (Lipinski definition) is 4. The summed E-state index contributed by atoms with van der Waals surface area (Å²) in [5.41, 5.74) is 0.710. The Kier molecular flexibility index (Phi) is 10.6. The van der Waals surface area contributed by atoms with E-state index >= 15 is 0 Å². The van der Waals surface area contributed by atoms with E-state index in [9.17, 15) is 18.0 Å². The van der Waals surface area contributed by atoms with Crippen LogP contribution < -0.4 is 9.62 Å². The molecule has 0 radical (unpaired) electrons. The van der Waals surface area contributed by atoms with Crippen LogP contribution in [0.1, 0.15) is 39.7 Å². The highest BCUT2D eigenvalue weighted by Gasteiger charge is 2.34.